The lowest BCUT2D eigenvalue weighted by Gasteiger charge is -2.26. The van der Waals surface area contributed by atoms with Gasteiger partial charge in [0.05, 0.1) is 5.60 Å². The normalized spacial score (nSPS) is 15.5. The summed E-state index contributed by atoms with van der Waals surface area (Å²) in [6.45, 7) is 0.185. The van der Waals surface area contributed by atoms with E-state index in [1.54, 1.807) is 0 Å². The van der Waals surface area contributed by atoms with Crippen molar-refractivity contribution in [1.29, 1.82) is 0 Å². The first-order valence-electron chi connectivity index (χ1n) is 4.97. The predicted molar refractivity (Wildman–Crippen MR) is 57.6 cm³/mol. The van der Waals surface area contributed by atoms with Gasteiger partial charge in [-0.25, -0.2) is 16.8 Å². The maximum Gasteiger partial charge on any atom is 0.512 e. The van der Waals surface area contributed by atoms with Gasteiger partial charge >= 0.3 is 31.1 Å². The van der Waals surface area contributed by atoms with Gasteiger partial charge in [0.15, 0.2) is 0 Å². The molecule has 0 aliphatic carbocycles. The number of hydrogen-bond donors (Lipinski definition) is 1. The van der Waals surface area contributed by atoms with E-state index < -0.39 is 53.3 Å². The number of rotatable bonds is 5. The molecule has 0 unspecified atom stereocenters. The topological polar surface area (TPSA) is 91.8 Å². The number of hydrogen-bond acceptors (Lipinski definition) is 5. The summed E-state index contributed by atoms with van der Waals surface area (Å²) in [5, 5.41) is 9.22. The molecule has 0 aromatic rings. The van der Waals surface area contributed by atoms with E-state index in [-0.39, 0.29) is 0 Å². The van der Waals surface area contributed by atoms with Crippen molar-refractivity contribution in [3.8, 4) is 0 Å². The summed E-state index contributed by atoms with van der Waals surface area (Å²) < 4.78 is 116. The van der Waals surface area contributed by atoms with Gasteiger partial charge < -0.3 is 5.11 Å². The number of nitrogens with zero attached hydrogens (tertiary/aromatic N) is 1. The molecule has 128 valence electrons. The first-order valence-corrected chi connectivity index (χ1v) is 7.85. The molecular weight excluding hydrogens is 356 g/mol. The summed E-state index contributed by atoms with van der Waals surface area (Å²) >= 11 is 0. The van der Waals surface area contributed by atoms with Gasteiger partial charge in [-0.1, -0.05) is 3.71 Å². The van der Waals surface area contributed by atoms with Crippen LogP contribution in [0.3, 0.4) is 0 Å². The minimum atomic E-state index is -6.79. The number of sulfonamides is 2. The second-order valence-corrected chi connectivity index (χ2v) is 8.40. The van der Waals surface area contributed by atoms with Gasteiger partial charge in [0.25, 0.3) is 0 Å². The second kappa shape index (κ2) is 5.55. The largest absolute Gasteiger partial charge is 0.512 e. The molecule has 0 bridgehead atoms. The Morgan fingerprint density at radius 2 is 1.14 bits per heavy atom. The van der Waals surface area contributed by atoms with E-state index in [1.165, 1.54) is 0 Å². The van der Waals surface area contributed by atoms with Crippen LogP contribution >= 0.6 is 0 Å². The lowest BCUT2D eigenvalue weighted by atomic mass is 10.1. The Balaban J connectivity index is 5.98. The Labute approximate surface area is 116 Å². The molecule has 21 heavy (non-hydrogen) atoms. The highest BCUT2D eigenvalue weighted by Crippen LogP contribution is 2.35. The van der Waals surface area contributed by atoms with Crippen LogP contribution in [0, 0.1) is 0 Å². The molecule has 6 nitrogen and oxygen atoms in total. The van der Waals surface area contributed by atoms with E-state index in [9.17, 15) is 48.3 Å². The van der Waals surface area contributed by atoms with Gasteiger partial charge in [-0.3, -0.25) is 0 Å². The molecule has 0 saturated carbocycles. The Morgan fingerprint density at radius 3 is 1.33 bits per heavy atom. The first kappa shape index (κ1) is 20.4. The van der Waals surface area contributed by atoms with Crippen LogP contribution in [0.15, 0.2) is 0 Å². The molecule has 1 N–H and O–H groups in total. The van der Waals surface area contributed by atoms with Gasteiger partial charge in [-0.05, 0) is 20.3 Å². The highest BCUT2D eigenvalue weighted by Gasteiger charge is 2.61. The fourth-order valence-electron chi connectivity index (χ4n) is 0.965. The van der Waals surface area contributed by atoms with Crippen LogP contribution in [0.4, 0.5) is 26.3 Å². The van der Waals surface area contributed by atoms with Crippen LogP contribution < -0.4 is 0 Å². The minimum absolute atomic E-state index is 0.950. The van der Waals surface area contributed by atoms with E-state index in [2.05, 4.69) is 0 Å². The van der Waals surface area contributed by atoms with Gasteiger partial charge in [0.1, 0.15) is 0 Å². The molecule has 0 aliphatic heterocycles. The molecule has 0 amide bonds. The standard InChI is InChI=1S/C7H11F6NO5S2/c1-5(2,15)3-4-14(20(16,17)6(8,9)10)21(18,19)7(11,12)13/h15H,3-4H2,1-2H3. The average molecular weight is 367 g/mol. The van der Waals surface area contributed by atoms with Crippen LogP contribution in [0.5, 0.6) is 0 Å². The predicted octanol–water partition coefficient (Wildman–Crippen LogP) is 1.15. The lowest BCUT2D eigenvalue weighted by Crippen LogP contribution is -2.50. The summed E-state index contributed by atoms with van der Waals surface area (Å²) in [6, 6.07) is 0. The summed E-state index contributed by atoms with van der Waals surface area (Å²) in [4.78, 5) is 0. The third kappa shape index (κ3) is 4.69. The van der Waals surface area contributed by atoms with E-state index in [1.807, 2.05) is 0 Å². The van der Waals surface area contributed by atoms with Crippen molar-refractivity contribution in [1.82, 2.24) is 3.71 Å². The molecule has 0 saturated heterocycles. The SMILES string of the molecule is CC(C)(O)CCN(S(=O)(=O)C(F)(F)F)S(=O)(=O)C(F)(F)F. The Hall–Kier alpha value is -0.600. The maximum atomic E-state index is 12.3. The molecule has 0 aliphatic rings. The highest BCUT2D eigenvalue weighted by molar-refractivity contribution is 8.04. The van der Waals surface area contributed by atoms with Crippen molar-refractivity contribution in [2.24, 2.45) is 0 Å². The van der Waals surface area contributed by atoms with Crippen molar-refractivity contribution >= 4 is 20.0 Å². The molecule has 0 radical (unpaired) electrons. The van der Waals surface area contributed by atoms with Gasteiger partial charge in [-0.15, -0.1) is 0 Å². The molecule has 0 aromatic carbocycles. The third-order valence-corrected chi connectivity index (χ3v) is 5.81. The smallest absolute Gasteiger partial charge is 0.390 e. The van der Waals surface area contributed by atoms with Crippen molar-refractivity contribution in [2.75, 3.05) is 6.54 Å². The lowest BCUT2D eigenvalue weighted by molar-refractivity contribution is -0.0538. The molecule has 0 heterocycles. The average Bonchev–Trinajstić information content (AvgIpc) is 2.10. The fraction of sp³-hybridized carbons (Fsp3) is 1.00. The fourth-order valence-corrected chi connectivity index (χ4v) is 3.63. The monoisotopic (exact) mass is 367 g/mol. The van der Waals surface area contributed by atoms with Gasteiger partial charge in [-0.2, -0.15) is 26.3 Å². The maximum absolute atomic E-state index is 12.3. The van der Waals surface area contributed by atoms with Crippen molar-refractivity contribution < 1.29 is 48.3 Å². The Bertz CT molecular complexity index is 526. The minimum Gasteiger partial charge on any atom is -0.390 e. The molecule has 0 aromatic heterocycles. The highest BCUT2D eigenvalue weighted by atomic mass is 32.3. The zero-order valence-electron chi connectivity index (χ0n) is 10.5. The van der Waals surface area contributed by atoms with Crippen LogP contribution in [-0.2, 0) is 20.0 Å². The Morgan fingerprint density at radius 1 is 0.857 bits per heavy atom. The molecule has 0 spiro atoms. The molecule has 0 rings (SSSR count). The van der Waals surface area contributed by atoms with Crippen LogP contribution in [0.2, 0.25) is 0 Å². The quantitative estimate of drug-likeness (QED) is 0.736. The summed E-state index contributed by atoms with van der Waals surface area (Å²) in [6.07, 6.45) is -0.975. The summed E-state index contributed by atoms with van der Waals surface area (Å²) in [7, 11) is -13.6. The van der Waals surface area contributed by atoms with Gasteiger partial charge in [0, 0.05) is 6.54 Å². The van der Waals surface area contributed by atoms with E-state index >= 15 is 0 Å². The van der Waals surface area contributed by atoms with E-state index in [0.717, 1.165) is 13.8 Å². The second-order valence-electron chi connectivity index (χ2n) is 4.46. The van der Waals surface area contributed by atoms with Crippen LogP contribution in [0.25, 0.3) is 0 Å². The number of aliphatic hydroxyl groups is 1. The van der Waals surface area contributed by atoms with Crippen LogP contribution in [0.1, 0.15) is 20.3 Å². The third-order valence-electron chi connectivity index (χ3n) is 2.03. The van der Waals surface area contributed by atoms with Crippen molar-refractivity contribution in [3.63, 3.8) is 0 Å². The number of alkyl halides is 6. The zero-order chi connectivity index (χ0) is 17.5. The summed E-state index contributed by atoms with van der Waals surface area (Å²) in [5.74, 6) is 0. The van der Waals surface area contributed by atoms with Crippen molar-refractivity contribution in [2.45, 2.75) is 36.9 Å². The van der Waals surface area contributed by atoms with Crippen molar-refractivity contribution in [3.05, 3.63) is 0 Å². The van der Waals surface area contributed by atoms with Gasteiger partial charge in [0.2, 0.25) is 0 Å². The molecule has 14 heteroatoms. The zero-order valence-corrected chi connectivity index (χ0v) is 12.2. The molecule has 0 fully saturated rings. The Kier molecular flexibility index (Phi) is 5.39. The van der Waals surface area contributed by atoms with E-state index in [0.29, 0.717) is 0 Å². The van der Waals surface area contributed by atoms with Crippen LogP contribution in [-0.4, -0.2) is 48.8 Å². The van der Waals surface area contributed by atoms with E-state index in [4.69, 9.17) is 0 Å². The number of halogens is 6. The molecular formula is C7H11F6NO5S2. The summed E-state index contributed by atoms with van der Waals surface area (Å²) in [5.41, 5.74) is -14.4. The molecule has 0 atom stereocenters. The first-order chi connectivity index (χ1) is 8.84.